The molecule has 31 heavy (non-hydrogen) atoms. The van der Waals surface area contributed by atoms with E-state index in [1.54, 1.807) is 32.4 Å². The fourth-order valence-corrected chi connectivity index (χ4v) is 4.42. The number of hydrogen-bond acceptors (Lipinski definition) is 4. The SMILES string of the molecule is COc1ccc(C(=O)N2CCC(N3CCN(Cc4ccccc4)C3=O)CC2)cc1OC. The summed E-state index contributed by atoms with van der Waals surface area (Å²) >= 11 is 0. The van der Waals surface area contributed by atoms with Crippen LogP contribution in [0.3, 0.4) is 0 Å². The van der Waals surface area contributed by atoms with Gasteiger partial charge in [0, 0.05) is 44.3 Å². The number of amides is 3. The van der Waals surface area contributed by atoms with Gasteiger partial charge in [-0.05, 0) is 36.6 Å². The van der Waals surface area contributed by atoms with Gasteiger partial charge in [0.1, 0.15) is 0 Å². The van der Waals surface area contributed by atoms with Gasteiger partial charge in [0.2, 0.25) is 0 Å². The van der Waals surface area contributed by atoms with Crippen molar-refractivity contribution in [3.63, 3.8) is 0 Å². The Morgan fingerprint density at radius 1 is 0.935 bits per heavy atom. The number of urea groups is 1. The molecule has 164 valence electrons. The number of piperidine rings is 1. The van der Waals surface area contributed by atoms with Crippen LogP contribution in [0.2, 0.25) is 0 Å². The van der Waals surface area contributed by atoms with E-state index in [-0.39, 0.29) is 18.0 Å². The lowest BCUT2D eigenvalue weighted by Crippen LogP contribution is -2.48. The average molecular weight is 424 g/mol. The summed E-state index contributed by atoms with van der Waals surface area (Å²) in [6.45, 7) is 3.42. The quantitative estimate of drug-likeness (QED) is 0.716. The first-order valence-corrected chi connectivity index (χ1v) is 10.7. The van der Waals surface area contributed by atoms with Crippen LogP contribution in [0.5, 0.6) is 11.5 Å². The summed E-state index contributed by atoms with van der Waals surface area (Å²) in [4.78, 5) is 31.6. The average Bonchev–Trinajstić information content (AvgIpc) is 3.18. The van der Waals surface area contributed by atoms with Crippen LogP contribution in [0.25, 0.3) is 0 Å². The van der Waals surface area contributed by atoms with E-state index in [2.05, 4.69) is 0 Å². The van der Waals surface area contributed by atoms with Crippen molar-refractivity contribution in [3.8, 4) is 11.5 Å². The molecule has 2 saturated heterocycles. The maximum Gasteiger partial charge on any atom is 0.320 e. The van der Waals surface area contributed by atoms with Crippen LogP contribution in [0.15, 0.2) is 48.5 Å². The largest absolute Gasteiger partial charge is 0.493 e. The zero-order chi connectivity index (χ0) is 21.8. The van der Waals surface area contributed by atoms with E-state index in [0.29, 0.717) is 36.7 Å². The molecule has 2 aromatic rings. The molecule has 2 heterocycles. The minimum atomic E-state index is -0.0159. The number of benzene rings is 2. The van der Waals surface area contributed by atoms with Gasteiger partial charge in [-0.2, -0.15) is 0 Å². The van der Waals surface area contributed by atoms with Crippen LogP contribution in [-0.2, 0) is 6.54 Å². The number of carbonyl (C=O) groups is 2. The lowest BCUT2D eigenvalue weighted by Gasteiger charge is -2.36. The van der Waals surface area contributed by atoms with Gasteiger partial charge in [0.05, 0.1) is 14.2 Å². The summed E-state index contributed by atoms with van der Waals surface area (Å²) in [5, 5.41) is 0. The molecule has 7 heteroatoms. The summed E-state index contributed by atoms with van der Waals surface area (Å²) in [6, 6.07) is 15.6. The predicted octanol–water partition coefficient (Wildman–Crippen LogP) is 3.25. The Balaban J connectivity index is 1.33. The van der Waals surface area contributed by atoms with Crippen LogP contribution in [0.1, 0.15) is 28.8 Å². The fourth-order valence-electron chi connectivity index (χ4n) is 4.42. The maximum absolute atomic E-state index is 13.0. The number of methoxy groups -OCH3 is 2. The number of nitrogens with zero attached hydrogens (tertiary/aromatic N) is 3. The highest BCUT2D eigenvalue weighted by molar-refractivity contribution is 5.95. The minimum Gasteiger partial charge on any atom is -0.493 e. The van der Waals surface area contributed by atoms with Gasteiger partial charge in [0.25, 0.3) is 5.91 Å². The van der Waals surface area contributed by atoms with Crippen LogP contribution in [0.4, 0.5) is 4.79 Å². The third-order valence-corrected chi connectivity index (χ3v) is 6.17. The molecule has 3 amide bonds. The molecule has 2 fully saturated rings. The molecule has 2 aromatic carbocycles. The van der Waals surface area contributed by atoms with E-state index >= 15 is 0 Å². The minimum absolute atomic E-state index is 0.0159. The third kappa shape index (κ3) is 4.45. The number of likely N-dealkylation sites (tertiary alicyclic amines) is 1. The molecular formula is C24H29N3O4. The first-order chi connectivity index (χ1) is 15.1. The molecule has 4 rings (SSSR count). The second-order valence-electron chi connectivity index (χ2n) is 7.98. The molecule has 0 atom stereocenters. The smallest absolute Gasteiger partial charge is 0.320 e. The highest BCUT2D eigenvalue weighted by Gasteiger charge is 2.36. The van der Waals surface area contributed by atoms with Crippen LogP contribution < -0.4 is 9.47 Å². The summed E-state index contributed by atoms with van der Waals surface area (Å²) in [5.41, 5.74) is 1.73. The standard InChI is InChI=1S/C24H29N3O4/c1-30-21-9-8-19(16-22(21)31-2)23(28)25-12-10-20(11-13-25)27-15-14-26(24(27)29)17-18-6-4-3-5-7-18/h3-9,16,20H,10-15,17H2,1-2H3. The number of ether oxygens (including phenoxy) is 2. The molecule has 2 aliphatic heterocycles. The second kappa shape index (κ2) is 9.29. The Kier molecular flexibility index (Phi) is 6.30. The number of rotatable bonds is 6. The highest BCUT2D eigenvalue weighted by atomic mass is 16.5. The highest BCUT2D eigenvalue weighted by Crippen LogP contribution is 2.29. The monoisotopic (exact) mass is 423 g/mol. The van der Waals surface area contributed by atoms with Crippen LogP contribution >= 0.6 is 0 Å². The Morgan fingerprint density at radius 2 is 1.65 bits per heavy atom. The first kappa shape index (κ1) is 21.0. The van der Waals surface area contributed by atoms with Crippen LogP contribution in [-0.4, -0.2) is 73.1 Å². The maximum atomic E-state index is 13.0. The number of carbonyl (C=O) groups excluding carboxylic acids is 2. The zero-order valence-corrected chi connectivity index (χ0v) is 18.1. The molecule has 0 saturated carbocycles. The summed E-state index contributed by atoms with van der Waals surface area (Å²) in [7, 11) is 3.14. The van der Waals surface area contributed by atoms with Gasteiger partial charge in [-0.3, -0.25) is 4.79 Å². The van der Waals surface area contributed by atoms with Crippen molar-refractivity contribution >= 4 is 11.9 Å². The molecule has 7 nitrogen and oxygen atoms in total. The second-order valence-corrected chi connectivity index (χ2v) is 7.98. The van der Waals surface area contributed by atoms with Gasteiger partial charge in [0.15, 0.2) is 11.5 Å². The molecule has 0 bridgehead atoms. The molecule has 0 N–H and O–H groups in total. The summed E-state index contributed by atoms with van der Waals surface area (Å²) < 4.78 is 10.6. The van der Waals surface area contributed by atoms with E-state index in [1.807, 2.05) is 45.0 Å². The molecular weight excluding hydrogens is 394 g/mol. The van der Waals surface area contributed by atoms with Gasteiger partial charge >= 0.3 is 6.03 Å². The van der Waals surface area contributed by atoms with Crippen molar-refractivity contribution in [2.24, 2.45) is 0 Å². The topological polar surface area (TPSA) is 62.3 Å². The zero-order valence-electron chi connectivity index (χ0n) is 18.1. The Morgan fingerprint density at radius 3 is 2.32 bits per heavy atom. The Bertz CT molecular complexity index is 926. The molecule has 0 unspecified atom stereocenters. The predicted molar refractivity (Wildman–Crippen MR) is 117 cm³/mol. The van der Waals surface area contributed by atoms with Gasteiger partial charge in [-0.25, -0.2) is 4.79 Å². The Hall–Kier alpha value is -3.22. The van der Waals surface area contributed by atoms with Crippen molar-refractivity contribution in [2.45, 2.75) is 25.4 Å². The normalized spacial score (nSPS) is 17.2. The van der Waals surface area contributed by atoms with Gasteiger partial charge < -0.3 is 24.2 Å². The van der Waals surface area contributed by atoms with E-state index in [0.717, 1.165) is 31.5 Å². The van der Waals surface area contributed by atoms with Crippen LogP contribution in [0, 0.1) is 0 Å². The van der Waals surface area contributed by atoms with Crippen molar-refractivity contribution < 1.29 is 19.1 Å². The van der Waals surface area contributed by atoms with Crippen molar-refractivity contribution in [1.29, 1.82) is 0 Å². The van der Waals surface area contributed by atoms with E-state index in [9.17, 15) is 9.59 Å². The van der Waals surface area contributed by atoms with Crippen molar-refractivity contribution in [2.75, 3.05) is 40.4 Å². The lowest BCUT2D eigenvalue weighted by molar-refractivity contribution is 0.0663. The Labute approximate surface area is 183 Å². The van der Waals surface area contributed by atoms with Gasteiger partial charge in [-0.15, -0.1) is 0 Å². The van der Waals surface area contributed by atoms with Gasteiger partial charge in [-0.1, -0.05) is 30.3 Å². The molecule has 0 aromatic heterocycles. The third-order valence-electron chi connectivity index (χ3n) is 6.17. The van der Waals surface area contributed by atoms with E-state index in [1.165, 1.54) is 0 Å². The first-order valence-electron chi connectivity index (χ1n) is 10.7. The molecule has 0 radical (unpaired) electrons. The van der Waals surface area contributed by atoms with Crippen molar-refractivity contribution in [1.82, 2.24) is 14.7 Å². The number of hydrogen-bond donors (Lipinski definition) is 0. The van der Waals surface area contributed by atoms with E-state index in [4.69, 9.17) is 9.47 Å². The lowest BCUT2D eigenvalue weighted by atomic mass is 10.0. The van der Waals surface area contributed by atoms with E-state index < -0.39 is 0 Å². The summed E-state index contributed by atoms with van der Waals surface area (Å²) in [5.74, 6) is 1.13. The molecule has 0 aliphatic carbocycles. The fraction of sp³-hybridized carbons (Fsp3) is 0.417. The molecule has 2 aliphatic rings. The molecule has 0 spiro atoms. The summed E-state index contributed by atoms with van der Waals surface area (Å²) in [6.07, 6.45) is 1.59. The van der Waals surface area contributed by atoms with Crippen molar-refractivity contribution in [3.05, 3.63) is 59.7 Å².